The van der Waals surface area contributed by atoms with Crippen molar-refractivity contribution >= 4 is 38.0 Å². The van der Waals surface area contributed by atoms with E-state index in [0.29, 0.717) is 49.5 Å². The molecular formula is C34H43N5O3S2. The van der Waals surface area contributed by atoms with E-state index < -0.39 is 16.8 Å². The number of rotatable bonds is 1. The quantitative estimate of drug-likeness (QED) is 0.246. The van der Waals surface area contributed by atoms with Crippen molar-refractivity contribution in [3.63, 3.8) is 0 Å². The largest absolute Gasteiger partial charge is 0.362 e. The number of aromatic nitrogens is 3. The summed E-state index contributed by atoms with van der Waals surface area (Å²) in [6.07, 6.45) is 7.83. The number of thiophene rings is 1. The number of aryl methyl sites for hydroxylation is 1. The molecule has 4 aromatic rings. The summed E-state index contributed by atoms with van der Waals surface area (Å²) in [4.78, 5) is 27.0. The second kappa shape index (κ2) is 13.5. The van der Waals surface area contributed by atoms with E-state index in [0.717, 1.165) is 64.8 Å². The lowest BCUT2D eigenvalue weighted by Gasteiger charge is -2.24. The van der Waals surface area contributed by atoms with Crippen molar-refractivity contribution in [3.8, 4) is 10.4 Å². The van der Waals surface area contributed by atoms with Gasteiger partial charge in [-0.05, 0) is 81.4 Å². The monoisotopic (exact) mass is 636 g/mol. The predicted molar refractivity (Wildman–Crippen MR) is 180 cm³/mol. The van der Waals surface area contributed by atoms with Crippen molar-refractivity contribution in [3.05, 3.63) is 75.1 Å². The van der Waals surface area contributed by atoms with Gasteiger partial charge in [0.05, 0.1) is 22.9 Å². The molecule has 0 amide bonds. The normalized spacial score (nSPS) is 22.2. The number of sulfone groups is 1. The molecule has 1 aromatic carbocycles. The zero-order valence-electron chi connectivity index (χ0n) is 28.3. The molecular weight excluding hydrogens is 591 g/mol. The van der Waals surface area contributed by atoms with Gasteiger partial charge in [-0.25, -0.2) is 18.4 Å². The van der Waals surface area contributed by atoms with Crippen molar-refractivity contribution in [1.82, 2.24) is 19.4 Å². The van der Waals surface area contributed by atoms with Crippen LogP contribution in [0.3, 0.4) is 0 Å². The fraction of sp³-hybridized carbons (Fsp3) is 0.500. The zero-order valence-corrected chi connectivity index (χ0v) is 26.9. The van der Waals surface area contributed by atoms with Gasteiger partial charge in [-0.15, -0.1) is 11.3 Å². The number of pyridine rings is 1. The Kier molecular flexibility index (Phi) is 8.36. The van der Waals surface area contributed by atoms with Gasteiger partial charge in [0.15, 0.2) is 0 Å². The number of nitrogens with one attached hydrogen (secondary N) is 1. The Morgan fingerprint density at radius 1 is 0.977 bits per heavy atom. The molecule has 0 unspecified atom stereocenters. The number of anilines is 1. The molecule has 234 valence electrons. The third kappa shape index (κ3) is 6.92. The minimum Gasteiger partial charge on any atom is -0.362 e. The molecule has 5 heterocycles. The minimum absolute atomic E-state index is 0.0933. The molecule has 2 aliphatic heterocycles. The summed E-state index contributed by atoms with van der Waals surface area (Å²) in [6, 6.07) is 14.0. The molecule has 8 nitrogen and oxygen atoms in total. The van der Waals surface area contributed by atoms with Crippen LogP contribution in [0.4, 0.5) is 5.82 Å². The molecule has 2 aliphatic rings. The lowest BCUT2D eigenvalue weighted by Crippen LogP contribution is -2.30. The first-order chi connectivity index (χ1) is 22.5. The highest BCUT2D eigenvalue weighted by Gasteiger charge is 2.28. The Morgan fingerprint density at radius 3 is 2.52 bits per heavy atom. The third-order valence-electron chi connectivity index (χ3n) is 9.02. The number of fused-ring (bicyclic) bond motifs is 4. The van der Waals surface area contributed by atoms with Crippen molar-refractivity contribution in [2.45, 2.75) is 83.3 Å². The molecule has 3 aromatic heterocycles. The second-order valence-electron chi connectivity index (χ2n) is 12.2. The van der Waals surface area contributed by atoms with Crippen molar-refractivity contribution in [1.29, 1.82) is 0 Å². The lowest BCUT2D eigenvalue weighted by molar-refractivity contribution is 0.316. The maximum atomic E-state index is 14.0. The smallest absolute Gasteiger partial charge is 0.255 e. The van der Waals surface area contributed by atoms with Gasteiger partial charge < -0.3 is 10.2 Å². The molecule has 1 saturated heterocycles. The molecule has 1 fully saturated rings. The fourth-order valence-electron chi connectivity index (χ4n) is 6.49. The predicted octanol–water partition coefficient (Wildman–Crippen LogP) is 6.77. The Balaban J connectivity index is 1.38. The average molecular weight is 637 g/mol. The Bertz CT molecular complexity index is 1880. The maximum Gasteiger partial charge on any atom is 0.255 e. The number of hydrogen-bond donors (Lipinski definition) is 1. The van der Waals surface area contributed by atoms with Crippen LogP contribution >= 0.6 is 11.3 Å². The van der Waals surface area contributed by atoms with Crippen LogP contribution in [-0.4, -0.2) is 52.9 Å². The van der Waals surface area contributed by atoms with Gasteiger partial charge in [0.25, 0.3) is 5.56 Å². The van der Waals surface area contributed by atoms with Gasteiger partial charge in [0.2, 0.25) is 0 Å². The Labute approximate surface area is 268 Å². The summed E-state index contributed by atoms with van der Waals surface area (Å²) < 4.78 is 50.8. The van der Waals surface area contributed by atoms with E-state index in [-0.39, 0.29) is 29.0 Å². The molecule has 0 spiro atoms. The van der Waals surface area contributed by atoms with Gasteiger partial charge in [-0.2, -0.15) is 0 Å². The van der Waals surface area contributed by atoms with Crippen LogP contribution in [0, 0.1) is 0 Å². The molecule has 6 bridgehead atoms. The van der Waals surface area contributed by atoms with Crippen LogP contribution in [0.15, 0.2) is 53.6 Å². The zero-order chi connectivity index (χ0) is 33.2. The number of hydrogen-bond acceptors (Lipinski definition) is 8. The fourth-order valence-corrected chi connectivity index (χ4v) is 9.05. The molecule has 0 aliphatic carbocycles. The molecule has 6 rings (SSSR count). The summed E-state index contributed by atoms with van der Waals surface area (Å²) in [7, 11) is -3.07. The average Bonchev–Trinajstić information content (AvgIpc) is 3.53. The van der Waals surface area contributed by atoms with Crippen LogP contribution < -0.4 is 10.9 Å². The topological polar surface area (TPSA) is 97.2 Å². The molecule has 44 heavy (non-hydrogen) atoms. The van der Waals surface area contributed by atoms with E-state index >= 15 is 0 Å². The standard InChI is InChI=1S/C34H43N5O3S2/c1-24-30-13-14-31(43-30)27-12-8-7-11-26(27)22-38(2)17-9-5-3-4-6-10-18-39-33-29(32(37-24)35-23-36-33)21-28(34(39)40)25-15-19-44(41,42)20-16-25/h7-8,11-14,21,23-25H,3-6,9-10,15-20,22H2,1-2H3,(H,35,36,37)/t24-/m1/s1/i2D3. The first-order valence-corrected chi connectivity index (χ1v) is 18.4. The summed E-state index contributed by atoms with van der Waals surface area (Å²) in [5.74, 6) is 0.694. The SMILES string of the molecule is [2H]C([2H])([2H])N1CCCCCCCCn2c(=O)c(C3CCS(=O)(=O)CC3)cc3c(ncnc32)N[C@H](C)c2ccc(s2)-c2ccccc2C1. The summed E-state index contributed by atoms with van der Waals surface area (Å²) in [5.41, 5.74) is 3.16. The highest BCUT2D eigenvalue weighted by molar-refractivity contribution is 7.91. The van der Waals surface area contributed by atoms with Gasteiger partial charge in [0, 0.05) is 32.5 Å². The maximum absolute atomic E-state index is 14.0. The van der Waals surface area contributed by atoms with Gasteiger partial charge in [-0.3, -0.25) is 9.36 Å². The highest BCUT2D eigenvalue weighted by atomic mass is 32.2. The molecule has 1 N–H and O–H groups in total. The highest BCUT2D eigenvalue weighted by Crippen LogP contribution is 2.36. The lowest BCUT2D eigenvalue weighted by atomic mass is 9.93. The number of benzene rings is 1. The van der Waals surface area contributed by atoms with Crippen LogP contribution in [0.5, 0.6) is 0 Å². The molecule has 1 atom stereocenters. The Hall–Kier alpha value is -3.08. The van der Waals surface area contributed by atoms with Crippen LogP contribution in [0.2, 0.25) is 0 Å². The number of nitrogens with zero attached hydrogens (tertiary/aromatic N) is 4. The minimum atomic E-state index is -3.07. The van der Waals surface area contributed by atoms with Gasteiger partial charge in [-0.1, -0.05) is 49.9 Å². The van der Waals surface area contributed by atoms with Crippen molar-refractivity contribution in [2.75, 3.05) is 30.3 Å². The molecule has 0 radical (unpaired) electrons. The van der Waals surface area contributed by atoms with Crippen LogP contribution in [0.25, 0.3) is 21.5 Å². The van der Waals surface area contributed by atoms with Crippen LogP contribution in [-0.2, 0) is 22.9 Å². The van der Waals surface area contributed by atoms with Crippen molar-refractivity contribution in [2.24, 2.45) is 0 Å². The first kappa shape index (κ1) is 27.2. The first-order valence-electron chi connectivity index (χ1n) is 17.3. The molecule has 0 saturated carbocycles. The summed E-state index contributed by atoms with van der Waals surface area (Å²) in [5, 5.41) is 4.35. The van der Waals surface area contributed by atoms with Gasteiger partial charge >= 0.3 is 0 Å². The van der Waals surface area contributed by atoms with E-state index in [2.05, 4.69) is 40.4 Å². The van der Waals surface area contributed by atoms with E-state index in [4.69, 9.17) is 4.11 Å². The Morgan fingerprint density at radius 2 is 1.73 bits per heavy atom. The van der Waals surface area contributed by atoms with Crippen LogP contribution in [0.1, 0.15) is 90.4 Å². The van der Waals surface area contributed by atoms with E-state index in [1.807, 2.05) is 24.3 Å². The molecule has 10 heteroatoms. The summed E-state index contributed by atoms with van der Waals surface area (Å²) in [6.45, 7) is 1.25. The van der Waals surface area contributed by atoms with Gasteiger partial charge in [0.1, 0.15) is 27.6 Å². The van der Waals surface area contributed by atoms with Crippen molar-refractivity contribution < 1.29 is 12.5 Å². The summed E-state index contributed by atoms with van der Waals surface area (Å²) >= 11 is 1.66. The van der Waals surface area contributed by atoms with E-state index in [1.165, 1.54) is 6.33 Å². The van der Waals surface area contributed by atoms with E-state index in [9.17, 15) is 13.2 Å². The van der Waals surface area contributed by atoms with E-state index in [1.54, 1.807) is 20.8 Å². The second-order valence-corrected chi connectivity index (χ2v) is 15.6. The third-order valence-corrected chi connectivity index (χ3v) is 12.0.